The third kappa shape index (κ3) is 4.20. The van der Waals surface area contributed by atoms with Gasteiger partial charge < -0.3 is 5.32 Å². The summed E-state index contributed by atoms with van der Waals surface area (Å²) < 4.78 is 0. The SMILES string of the molecule is CNC(=O)C[C@@H](CC1CCCC1)C(=O)N1CCCCN1. The van der Waals surface area contributed by atoms with E-state index in [4.69, 9.17) is 0 Å². The van der Waals surface area contributed by atoms with Gasteiger partial charge in [-0.2, -0.15) is 0 Å². The highest BCUT2D eigenvalue weighted by Gasteiger charge is 2.30. The highest BCUT2D eigenvalue weighted by atomic mass is 16.2. The van der Waals surface area contributed by atoms with Crippen LogP contribution in [0.1, 0.15) is 51.4 Å². The Morgan fingerprint density at radius 2 is 2.00 bits per heavy atom. The lowest BCUT2D eigenvalue weighted by atomic mass is 9.89. The number of nitrogens with zero attached hydrogens (tertiary/aromatic N) is 1. The summed E-state index contributed by atoms with van der Waals surface area (Å²) in [5.41, 5.74) is 3.17. The Labute approximate surface area is 121 Å². The van der Waals surface area contributed by atoms with Crippen molar-refractivity contribution in [3.8, 4) is 0 Å². The van der Waals surface area contributed by atoms with Gasteiger partial charge in [-0.1, -0.05) is 25.7 Å². The molecule has 2 amide bonds. The minimum atomic E-state index is -0.163. The smallest absolute Gasteiger partial charge is 0.240 e. The minimum Gasteiger partial charge on any atom is -0.359 e. The minimum absolute atomic E-state index is 0.0293. The molecular weight excluding hydrogens is 254 g/mol. The van der Waals surface area contributed by atoms with Crippen molar-refractivity contribution in [3.63, 3.8) is 0 Å². The molecule has 20 heavy (non-hydrogen) atoms. The molecule has 0 aromatic heterocycles. The van der Waals surface area contributed by atoms with Crippen LogP contribution in [0.15, 0.2) is 0 Å². The van der Waals surface area contributed by atoms with E-state index in [2.05, 4.69) is 10.7 Å². The van der Waals surface area contributed by atoms with Crippen molar-refractivity contribution in [1.82, 2.24) is 15.8 Å². The second-order valence-electron chi connectivity index (χ2n) is 6.07. The van der Waals surface area contributed by atoms with Crippen LogP contribution in [0.25, 0.3) is 0 Å². The van der Waals surface area contributed by atoms with E-state index in [1.807, 2.05) is 0 Å². The molecule has 0 aromatic rings. The largest absolute Gasteiger partial charge is 0.359 e. The Morgan fingerprint density at radius 3 is 2.60 bits per heavy atom. The van der Waals surface area contributed by atoms with Gasteiger partial charge in [0.15, 0.2) is 0 Å². The van der Waals surface area contributed by atoms with E-state index in [1.54, 1.807) is 12.1 Å². The van der Waals surface area contributed by atoms with Crippen molar-refractivity contribution in [2.75, 3.05) is 20.1 Å². The van der Waals surface area contributed by atoms with Crippen molar-refractivity contribution in [2.45, 2.75) is 51.4 Å². The summed E-state index contributed by atoms with van der Waals surface area (Å²) in [5.74, 6) is 0.542. The average molecular weight is 281 g/mol. The van der Waals surface area contributed by atoms with E-state index in [0.717, 1.165) is 32.4 Å². The molecule has 0 aromatic carbocycles. The number of hydrazine groups is 1. The molecule has 114 valence electrons. The lowest BCUT2D eigenvalue weighted by molar-refractivity contribution is -0.143. The topological polar surface area (TPSA) is 61.4 Å². The van der Waals surface area contributed by atoms with Crippen molar-refractivity contribution >= 4 is 11.8 Å². The second kappa shape index (κ2) is 7.62. The standard InChI is InChI=1S/C15H27N3O2/c1-16-14(19)11-13(10-12-6-2-3-7-12)15(20)18-9-5-4-8-17-18/h12-13,17H,2-11H2,1H3,(H,16,19)/t13-/m1/s1. The summed E-state index contributed by atoms with van der Waals surface area (Å²) in [6.07, 6.45) is 8.33. The second-order valence-corrected chi connectivity index (χ2v) is 6.07. The van der Waals surface area contributed by atoms with Gasteiger partial charge in [0.2, 0.25) is 11.8 Å². The third-order valence-electron chi connectivity index (χ3n) is 4.53. The summed E-state index contributed by atoms with van der Waals surface area (Å²) in [6.45, 7) is 1.63. The molecule has 0 spiro atoms. The number of amides is 2. The average Bonchev–Trinajstić information content (AvgIpc) is 2.99. The molecule has 0 radical (unpaired) electrons. The van der Waals surface area contributed by atoms with Crippen LogP contribution in [0.2, 0.25) is 0 Å². The van der Waals surface area contributed by atoms with Crippen molar-refractivity contribution in [1.29, 1.82) is 0 Å². The maximum Gasteiger partial charge on any atom is 0.240 e. The van der Waals surface area contributed by atoms with E-state index >= 15 is 0 Å². The highest BCUT2D eigenvalue weighted by molar-refractivity contribution is 5.85. The van der Waals surface area contributed by atoms with Gasteiger partial charge in [0.05, 0.1) is 0 Å². The van der Waals surface area contributed by atoms with Gasteiger partial charge in [-0.25, -0.2) is 5.43 Å². The first-order valence-corrected chi connectivity index (χ1v) is 7.96. The monoisotopic (exact) mass is 281 g/mol. The highest BCUT2D eigenvalue weighted by Crippen LogP contribution is 2.32. The predicted octanol–water partition coefficient (Wildman–Crippen LogP) is 1.45. The van der Waals surface area contributed by atoms with Gasteiger partial charge in [0.25, 0.3) is 0 Å². The molecule has 2 aliphatic rings. The Morgan fingerprint density at radius 1 is 1.25 bits per heavy atom. The molecule has 1 atom stereocenters. The lowest BCUT2D eigenvalue weighted by Crippen LogP contribution is -2.50. The van der Waals surface area contributed by atoms with Crippen molar-refractivity contribution in [2.24, 2.45) is 11.8 Å². The first-order chi connectivity index (χ1) is 9.70. The summed E-state index contributed by atoms with van der Waals surface area (Å²) in [4.78, 5) is 24.3. The van der Waals surface area contributed by atoms with Crippen LogP contribution in [-0.2, 0) is 9.59 Å². The van der Waals surface area contributed by atoms with E-state index in [0.29, 0.717) is 12.3 Å². The first kappa shape index (κ1) is 15.3. The molecule has 1 aliphatic carbocycles. The van der Waals surface area contributed by atoms with Crippen LogP contribution < -0.4 is 10.7 Å². The zero-order valence-electron chi connectivity index (χ0n) is 12.5. The van der Waals surface area contributed by atoms with E-state index in [1.165, 1.54) is 25.7 Å². The van der Waals surface area contributed by atoms with Crippen molar-refractivity contribution in [3.05, 3.63) is 0 Å². The molecule has 1 heterocycles. The molecule has 0 bridgehead atoms. The Bertz CT molecular complexity index is 334. The van der Waals surface area contributed by atoms with Crippen LogP contribution in [-0.4, -0.2) is 37.0 Å². The van der Waals surface area contributed by atoms with Crippen LogP contribution in [0.5, 0.6) is 0 Å². The van der Waals surface area contributed by atoms with E-state index < -0.39 is 0 Å². The Kier molecular flexibility index (Phi) is 5.83. The van der Waals surface area contributed by atoms with Gasteiger partial charge in [0, 0.05) is 32.5 Å². The molecule has 0 unspecified atom stereocenters. The molecule has 5 heteroatoms. The third-order valence-corrected chi connectivity index (χ3v) is 4.53. The molecule has 5 nitrogen and oxygen atoms in total. The summed E-state index contributed by atoms with van der Waals surface area (Å²) >= 11 is 0. The Hall–Kier alpha value is -1.10. The predicted molar refractivity (Wildman–Crippen MR) is 77.7 cm³/mol. The molecule has 2 fully saturated rings. The van der Waals surface area contributed by atoms with Crippen LogP contribution in [0, 0.1) is 11.8 Å². The van der Waals surface area contributed by atoms with Gasteiger partial charge in [-0.15, -0.1) is 0 Å². The summed E-state index contributed by atoms with van der Waals surface area (Å²) in [5, 5.41) is 4.39. The normalized spacial score (nSPS) is 21.8. The fourth-order valence-corrected chi connectivity index (χ4v) is 3.34. The fourth-order valence-electron chi connectivity index (χ4n) is 3.34. The number of carbonyl (C=O) groups excluding carboxylic acids is 2. The van der Waals surface area contributed by atoms with Gasteiger partial charge >= 0.3 is 0 Å². The molecular formula is C15H27N3O2. The number of hydrogen-bond donors (Lipinski definition) is 2. The molecule has 1 aliphatic heterocycles. The zero-order valence-corrected chi connectivity index (χ0v) is 12.5. The van der Waals surface area contributed by atoms with Gasteiger partial charge in [-0.3, -0.25) is 14.6 Å². The maximum absolute atomic E-state index is 12.6. The number of carbonyl (C=O) groups is 2. The van der Waals surface area contributed by atoms with E-state index in [9.17, 15) is 9.59 Å². The van der Waals surface area contributed by atoms with Crippen LogP contribution in [0.3, 0.4) is 0 Å². The quantitative estimate of drug-likeness (QED) is 0.802. The van der Waals surface area contributed by atoms with Crippen molar-refractivity contribution < 1.29 is 9.59 Å². The summed E-state index contributed by atoms with van der Waals surface area (Å²) in [7, 11) is 1.64. The van der Waals surface area contributed by atoms with Gasteiger partial charge in [-0.05, 0) is 25.2 Å². The van der Waals surface area contributed by atoms with Crippen LogP contribution >= 0.6 is 0 Å². The Balaban J connectivity index is 1.95. The molecule has 1 saturated carbocycles. The number of nitrogens with one attached hydrogen (secondary N) is 2. The fraction of sp³-hybridized carbons (Fsp3) is 0.867. The van der Waals surface area contributed by atoms with E-state index in [-0.39, 0.29) is 17.7 Å². The zero-order chi connectivity index (χ0) is 14.4. The van der Waals surface area contributed by atoms with Gasteiger partial charge in [0.1, 0.15) is 0 Å². The number of rotatable bonds is 5. The molecule has 2 N–H and O–H groups in total. The number of hydrogen-bond acceptors (Lipinski definition) is 3. The van der Waals surface area contributed by atoms with Crippen LogP contribution in [0.4, 0.5) is 0 Å². The lowest BCUT2D eigenvalue weighted by Gasteiger charge is -2.31. The molecule has 2 rings (SSSR count). The molecule has 1 saturated heterocycles. The first-order valence-electron chi connectivity index (χ1n) is 7.96. The summed E-state index contributed by atoms with van der Waals surface area (Å²) in [6, 6.07) is 0. The maximum atomic E-state index is 12.6.